The van der Waals surface area contributed by atoms with Crippen molar-refractivity contribution in [2.24, 2.45) is 11.8 Å². The lowest BCUT2D eigenvalue weighted by Crippen LogP contribution is -2.18. The molecule has 4 heteroatoms. The predicted molar refractivity (Wildman–Crippen MR) is 52.1 cm³/mol. The van der Waals surface area contributed by atoms with Crippen LogP contribution in [0.25, 0.3) is 0 Å². The minimum atomic E-state index is -0.850. The second-order valence-corrected chi connectivity index (χ2v) is 3.55. The monoisotopic (exact) mass is 202 g/mol. The smallest absolute Gasteiger partial charge is 0.306 e. The SMILES string of the molecule is CCC(CC(=O)O)CC(CC)C(=O)O. The van der Waals surface area contributed by atoms with Crippen LogP contribution in [0.5, 0.6) is 0 Å². The fraction of sp³-hybridized carbons (Fsp3) is 0.800. The van der Waals surface area contributed by atoms with E-state index in [0.29, 0.717) is 12.8 Å². The van der Waals surface area contributed by atoms with Gasteiger partial charge in [-0.05, 0) is 18.8 Å². The first kappa shape index (κ1) is 12.9. The third-order valence-electron chi connectivity index (χ3n) is 2.50. The molecule has 0 radical (unpaired) electrons. The van der Waals surface area contributed by atoms with E-state index < -0.39 is 17.9 Å². The lowest BCUT2D eigenvalue weighted by molar-refractivity contribution is -0.144. The lowest BCUT2D eigenvalue weighted by atomic mass is 9.89. The highest BCUT2D eigenvalue weighted by Crippen LogP contribution is 2.21. The largest absolute Gasteiger partial charge is 0.481 e. The molecule has 0 saturated heterocycles. The van der Waals surface area contributed by atoms with Crippen molar-refractivity contribution in [3.8, 4) is 0 Å². The molecule has 0 aromatic rings. The maximum atomic E-state index is 10.7. The molecule has 0 bridgehead atoms. The Kier molecular flexibility index (Phi) is 5.92. The number of carboxylic acid groups (broad SMARTS) is 2. The summed E-state index contributed by atoms with van der Waals surface area (Å²) in [4.78, 5) is 21.2. The van der Waals surface area contributed by atoms with Gasteiger partial charge in [-0.2, -0.15) is 0 Å². The normalized spacial score (nSPS) is 14.7. The van der Waals surface area contributed by atoms with Crippen molar-refractivity contribution in [1.82, 2.24) is 0 Å². The van der Waals surface area contributed by atoms with Crippen molar-refractivity contribution < 1.29 is 19.8 Å². The molecule has 2 N–H and O–H groups in total. The summed E-state index contributed by atoms with van der Waals surface area (Å²) in [6.45, 7) is 3.70. The van der Waals surface area contributed by atoms with E-state index >= 15 is 0 Å². The van der Waals surface area contributed by atoms with Crippen LogP contribution < -0.4 is 0 Å². The summed E-state index contributed by atoms with van der Waals surface area (Å²) >= 11 is 0. The minimum absolute atomic E-state index is 0.0199. The molecule has 0 aromatic heterocycles. The Morgan fingerprint density at radius 3 is 2.00 bits per heavy atom. The van der Waals surface area contributed by atoms with Gasteiger partial charge in [0.2, 0.25) is 0 Å². The van der Waals surface area contributed by atoms with Gasteiger partial charge in [0.25, 0.3) is 0 Å². The molecule has 0 aliphatic heterocycles. The summed E-state index contributed by atoms with van der Waals surface area (Å²) in [5, 5.41) is 17.4. The molecule has 0 aromatic carbocycles. The molecule has 82 valence electrons. The van der Waals surface area contributed by atoms with Gasteiger partial charge in [-0.1, -0.05) is 20.3 Å². The summed E-state index contributed by atoms with van der Waals surface area (Å²) in [5.74, 6) is -2.10. The summed E-state index contributed by atoms with van der Waals surface area (Å²) in [5.41, 5.74) is 0. The quantitative estimate of drug-likeness (QED) is 0.662. The van der Waals surface area contributed by atoms with Crippen LogP contribution in [0.1, 0.15) is 39.5 Å². The average molecular weight is 202 g/mol. The van der Waals surface area contributed by atoms with Gasteiger partial charge < -0.3 is 10.2 Å². The third-order valence-corrected chi connectivity index (χ3v) is 2.50. The van der Waals surface area contributed by atoms with Gasteiger partial charge >= 0.3 is 11.9 Å². The predicted octanol–water partition coefficient (Wildman–Crippen LogP) is 1.99. The fourth-order valence-corrected chi connectivity index (χ4v) is 1.49. The Labute approximate surface area is 83.9 Å². The van der Waals surface area contributed by atoms with E-state index in [9.17, 15) is 9.59 Å². The molecule has 2 unspecified atom stereocenters. The van der Waals surface area contributed by atoms with Crippen LogP contribution in [0, 0.1) is 11.8 Å². The third kappa shape index (κ3) is 4.84. The number of hydrogen-bond acceptors (Lipinski definition) is 2. The van der Waals surface area contributed by atoms with Crippen LogP contribution in [-0.2, 0) is 9.59 Å². The van der Waals surface area contributed by atoms with Crippen molar-refractivity contribution in [3.05, 3.63) is 0 Å². The first-order valence-electron chi connectivity index (χ1n) is 4.95. The van der Waals surface area contributed by atoms with Gasteiger partial charge in [-0.15, -0.1) is 0 Å². The lowest BCUT2D eigenvalue weighted by Gasteiger charge is -2.16. The Bertz CT molecular complexity index is 200. The van der Waals surface area contributed by atoms with E-state index in [0.717, 1.165) is 6.42 Å². The maximum absolute atomic E-state index is 10.7. The number of carbonyl (C=O) groups is 2. The highest BCUT2D eigenvalue weighted by Gasteiger charge is 2.21. The van der Waals surface area contributed by atoms with Crippen LogP contribution in [0.4, 0.5) is 0 Å². The van der Waals surface area contributed by atoms with Crippen LogP contribution in [0.2, 0.25) is 0 Å². The van der Waals surface area contributed by atoms with E-state index in [1.807, 2.05) is 13.8 Å². The van der Waals surface area contributed by atoms with Crippen LogP contribution >= 0.6 is 0 Å². The number of carboxylic acids is 2. The van der Waals surface area contributed by atoms with Gasteiger partial charge in [0.15, 0.2) is 0 Å². The van der Waals surface area contributed by atoms with Crippen molar-refractivity contribution in [2.45, 2.75) is 39.5 Å². The molecule has 0 fully saturated rings. The van der Waals surface area contributed by atoms with Gasteiger partial charge in [0.05, 0.1) is 5.92 Å². The topological polar surface area (TPSA) is 74.6 Å². The maximum Gasteiger partial charge on any atom is 0.306 e. The molecule has 0 rings (SSSR count). The first-order valence-corrected chi connectivity index (χ1v) is 4.95. The molecule has 0 aliphatic carbocycles. The Balaban J connectivity index is 4.13. The van der Waals surface area contributed by atoms with Gasteiger partial charge in [-0.3, -0.25) is 9.59 Å². The zero-order chi connectivity index (χ0) is 11.1. The Morgan fingerprint density at radius 1 is 1.14 bits per heavy atom. The second kappa shape index (κ2) is 6.40. The van der Waals surface area contributed by atoms with Crippen molar-refractivity contribution >= 4 is 11.9 Å². The highest BCUT2D eigenvalue weighted by atomic mass is 16.4. The number of rotatable bonds is 7. The molecule has 0 heterocycles. The van der Waals surface area contributed by atoms with Crippen LogP contribution in [-0.4, -0.2) is 22.2 Å². The molecule has 4 nitrogen and oxygen atoms in total. The molecule has 2 atom stereocenters. The van der Waals surface area contributed by atoms with E-state index in [1.165, 1.54) is 0 Å². The zero-order valence-electron chi connectivity index (χ0n) is 8.69. The van der Waals surface area contributed by atoms with Gasteiger partial charge in [0, 0.05) is 6.42 Å². The van der Waals surface area contributed by atoms with Gasteiger partial charge in [0.1, 0.15) is 0 Å². The fourth-order valence-electron chi connectivity index (χ4n) is 1.49. The number of hydrogen-bond donors (Lipinski definition) is 2. The minimum Gasteiger partial charge on any atom is -0.481 e. The Hall–Kier alpha value is -1.06. The van der Waals surface area contributed by atoms with Crippen molar-refractivity contribution in [2.75, 3.05) is 0 Å². The molecule has 14 heavy (non-hydrogen) atoms. The summed E-state index contributed by atoms with van der Waals surface area (Å²) in [6.07, 6.45) is 1.82. The van der Waals surface area contributed by atoms with E-state index in [2.05, 4.69) is 0 Å². The average Bonchev–Trinajstić information content (AvgIpc) is 2.10. The van der Waals surface area contributed by atoms with E-state index in [-0.39, 0.29) is 12.3 Å². The number of aliphatic carboxylic acids is 2. The molecular weight excluding hydrogens is 184 g/mol. The van der Waals surface area contributed by atoms with Crippen molar-refractivity contribution in [1.29, 1.82) is 0 Å². The van der Waals surface area contributed by atoms with Crippen LogP contribution in [0.3, 0.4) is 0 Å². The highest BCUT2D eigenvalue weighted by molar-refractivity contribution is 5.70. The molecule has 0 saturated carbocycles. The Morgan fingerprint density at radius 2 is 1.71 bits per heavy atom. The molecule has 0 spiro atoms. The van der Waals surface area contributed by atoms with E-state index in [4.69, 9.17) is 10.2 Å². The molecule has 0 aliphatic rings. The second-order valence-electron chi connectivity index (χ2n) is 3.55. The summed E-state index contributed by atoms with van der Waals surface area (Å²) in [6, 6.07) is 0. The molecular formula is C10H18O4. The van der Waals surface area contributed by atoms with Crippen LogP contribution in [0.15, 0.2) is 0 Å². The standard InChI is InChI=1S/C10H18O4/c1-3-7(6-9(11)12)5-8(4-2)10(13)14/h7-8H,3-6H2,1-2H3,(H,11,12)(H,13,14). The molecule has 0 amide bonds. The van der Waals surface area contributed by atoms with Gasteiger partial charge in [-0.25, -0.2) is 0 Å². The van der Waals surface area contributed by atoms with Crippen molar-refractivity contribution in [3.63, 3.8) is 0 Å². The summed E-state index contributed by atoms with van der Waals surface area (Å²) in [7, 11) is 0. The van der Waals surface area contributed by atoms with E-state index in [1.54, 1.807) is 0 Å². The summed E-state index contributed by atoms with van der Waals surface area (Å²) < 4.78 is 0. The first-order chi connectivity index (χ1) is 6.51. The zero-order valence-corrected chi connectivity index (χ0v) is 8.69.